The standard InChI is InChI=1S/C22H26ClNO5/c1-2-14-9-21(26)29-18-11-19(17(23)10-16(14)18)28-13-20(25)24-8-7-22(27)6-4-3-5-15(22)12-24/h9-11,15,27H,2-8,12-13H2,1H3/t15-,22-/m1/s1. The summed E-state index contributed by atoms with van der Waals surface area (Å²) in [4.78, 5) is 26.2. The van der Waals surface area contributed by atoms with Gasteiger partial charge in [-0.25, -0.2) is 4.79 Å². The fourth-order valence-electron chi connectivity index (χ4n) is 4.66. The quantitative estimate of drug-likeness (QED) is 0.766. The molecule has 1 aromatic carbocycles. The number of carbonyl (C=O) groups is 1. The lowest BCUT2D eigenvalue weighted by atomic mass is 9.71. The Bertz CT molecular complexity index is 987. The number of fused-ring (bicyclic) bond motifs is 2. The van der Waals surface area contributed by atoms with Crippen molar-refractivity contribution in [2.75, 3.05) is 19.7 Å². The van der Waals surface area contributed by atoms with Crippen molar-refractivity contribution in [3.63, 3.8) is 0 Å². The smallest absolute Gasteiger partial charge is 0.336 e. The first-order chi connectivity index (χ1) is 13.9. The van der Waals surface area contributed by atoms with E-state index in [1.807, 2.05) is 6.92 Å². The van der Waals surface area contributed by atoms with E-state index in [9.17, 15) is 14.7 Å². The molecule has 2 fully saturated rings. The summed E-state index contributed by atoms with van der Waals surface area (Å²) in [5.74, 6) is 0.326. The van der Waals surface area contributed by atoms with E-state index in [4.69, 9.17) is 20.8 Å². The summed E-state index contributed by atoms with van der Waals surface area (Å²) in [6.07, 6.45) is 5.23. The number of ether oxygens (including phenoxy) is 1. The highest BCUT2D eigenvalue weighted by Gasteiger charge is 2.43. The van der Waals surface area contributed by atoms with Gasteiger partial charge in [0.15, 0.2) is 6.61 Å². The normalized spacial score (nSPS) is 24.4. The van der Waals surface area contributed by atoms with E-state index in [0.717, 1.165) is 36.6 Å². The minimum absolute atomic E-state index is 0.127. The average Bonchev–Trinajstić information content (AvgIpc) is 2.71. The zero-order valence-electron chi connectivity index (χ0n) is 16.6. The molecule has 2 aliphatic rings. The zero-order valence-corrected chi connectivity index (χ0v) is 17.3. The molecule has 2 atom stereocenters. The van der Waals surface area contributed by atoms with E-state index in [0.29, 0.717) is 42.3 Å². The number of piperidine rings is 1. The van der Waals surface area contributed by atoms with Crippen LogP contribution in [0.5, 0.6) is 5.75 Å². The molecule has 1 N–H and O–H groups in total. The third-order valence-corrected chi connectivity index (χ3v) is 6.69. The fraction of sp³-hybridized carbons (Fsp3) is 0.545. The first-order valence-corrected chi connectivity index (χ1v) is 10.7. The van der Waals surface area contributed by atoms with Crippen molar-refractivity contribution in [1.82, 2.24) is 4.90 Å². The molecule has 0 bridgehead atoms. The fourth-order valence-corrected chi connectivity index (χ4v) is 4.88. The second-order valence-electron chi connectivity index (χ2n) is 8.15. The Morgan fingerprint density at radius 3 is 2.97 bits per heavy atom. The second-order valence-corrected chi connectivity index (χ2v) is 8.55. The number of benzene rings is 1. The van der Waals surface area contributed by atoms with E-state index in [1.165, 1.54) is 6.07 Å². The number of likely N-dealkylation sites (tertiary alicyclic amines) is 1. The second kappa shape index (κ2) is 8.00. The SMILES string of the molecule is CCc1cc(=O)oc2cc(OCC(=O)N3CC[C@]4(O)CCCC[C@@H]4C3)c(Cl)cc12. The first-order valence-electron chi connectivity index (χ1n) is 10.3. The highest BCUT2D eigenvalue weighted by atomic mass is 35.5. The van der Waals surface area contributed by atoms with Crippen LogP contribution < -0.4 is 10.4 Å². The lowest BCUT2D eigenvalue weighted by Gasteiger charge is -2.47. The van der Waals surface area contributed by atoms with Gasteiger partial charge in [0.1, 0.15) is 11.3 Å². The number of hydrogen-bond donors (Lipinski definition) is 1. The van der Waals surface area contributed by atoms with E-state index >= 15 is 0 Å². The highest BCUT2D eigenvalue weighted by molar-refractivity contribution is 6.32. The van der Waals surface area contributed by atoms with Crippen molar-refractivity contribution in [3.05, 3.63) is 39.2 Å². The Hall–Kier alpha value is -2.05. The molecule has 1 saturated heterocycles. The van der Waals surface area contributed by atoms with Crippen LogP contribution in [-0.2, 0) is 11.2 Å². The van der Waals surface area contributed by atoms with Crippen LogP contribution in [0, 0.1) is 5.92 Å². The molecule has 1 aromatic heterocycles. The molecule has 1 aliphatic carbocycles. The van der Waals surface area contributed by atoms with Gasteiger partial charge < -0.3 is 19.2 Å². The summed E-state index contributed by atoms with van der Waals surface area (Å²) in [6.45, 7) is 2.92. The predicted octanol–water partition coefficient (Wildman–Crippen LogP) is 3.54. The maximum absolute atomic E-state index is 12.7. The molecule has 6 nitrogen and oxygen atoms in total. The van der Waals surface area contributed by atoms with Gasteiger partial charge in [-0.05, 0) is 37.3 Å². The van der Waals surface area contributed by atoms with Crippen molar-refractivity contribution in [3.8, 4) is 5.75 Å². The molecular weight excluding hydrogens is 394 g/mol. The first kappa shape index (κ1) is 20.2. The topological polar surface area (TPSA) is 80.0 Å². The average molecular weight is 420 g/mol. The van der Waals surface area contributed by atoms with Gasteiger partial charge in [-0.2, -0.15) is 0 Å². The van der Waals surface area contributed by atoms with E-state index in [2.05, 4.69) is 0 Å². The van der Waals surface area contributed by atoms with Crippen molar-refractivity contribution in [1.29, 1.82) is 0 Å². The summed E-state index contributed by atoms with van der Waals surface area (Å²) >= 11 is 6.35. The van der Waals surface area contributed by atoms with Gasteiger partial charge in [0, 0.05) is 36.5 Å². The van der Waals surface area contributed by atoms with Crippen LogP contribution in [0.1, 0.15) is 44.6 Å². The monoisotopic (exact) mass is 419 g/mol. The zero-order chi connectivity index (χ0) is 20.6. The summed E-state index contributed by atoms with van der Waals surface area (Å²) in [5, 5.41) is 11.9. The Labute approximate surface area is 174 Å². The van der Waals surface area contributed by atoms with Crippen LogP contribution in [0.3, 0.4) is 0 Å². The minimum Gasteiger partial charge on any atom is -0.482 e. The molecule has 2 heterocycles. The number of nitrogens with zero attached hydrogens (tertiary/aromatic N) is 1. The maximum atomic E-state index is 12.7. The summed E-state index contributed by atoms with van der Waals surface area (Å²) < 4.78 is 11.0. The Morgan fingerprint density at radius 2 is 2.17 bits per heavy atom. The Kier molecular flexibility index (Phi) is 5.58. The van der Waals surface area contributed by atoms with Crippen LogP contribution in [0.4, 0.5) is 0 Å². The lowest BCUT2D eigenvalue weighted by Crippen LogP contribution is -2.55. The highest BCUT2D eigenvalue weighted by Crippen LogP contribution is 2.40. The third-order valence-electron chi connectivity index (χ3n) is 6.40. The van der Waals surface area contributed by atoms with Gasteiger partial charge in [0.2, 0.25) is 0 Å². The third kappa shape index (κ3) is 4.01. The molecule has 0 spiro atoms. The minimum atomic E-state index is -0.619. The summed E-state index contributed by atoms with van der Waals surface area (Å²) in [5.41, 5.74) is 0.207. The van der Waals surface area contributed by atoms with Crippen LogP contribution >= 0.6 is 11.6 Å². The maximum Gasteiger partial charge on any atom is 0.336 e. The molecule has 1 saturated carbocycles. The molecule has 1 aliphatic heterocycles. The Balaban J connectivity index is 1.46. The number of carbonyl (C=O) groups excluding carboxylic acids is 1. The molecule has 7 heteroatoms. The van der Waals surface area contributed by atoms with Crippen molar-refractivity contribution in [2.45, 2.75) is 51.0 Å². The van der Waals surface area contributed by atoms with Crippen molar-refractivity contribution in [2.24, 2.45) is 5.92 Å². The van der Waals surface area contributed by atoms with E-state index < -0.39 is 11.2 Å². The number of rotatable bonds is 4. The van der Waals surface area contributed by atoms with Crippen molar-refractivity contribution >= 4 is 28.5 Å². The van der Waals surface area contributed by atoms with Crippen LogP contribution in [0.15, 0.2) is 27.4 Å². The van der Waals surface area contributed by atoms with E-state index in [-0.39, 0.29) is 18.4 Å². The summed E-state index contributed by atoms with van der Waals surface area (Å²) in [6, 6.07) is 4.74. The van der Waals surface area contributed by atoms with Gasteiger partial charge in [-0.1, -0.05) is 31.4 Å². The van der Waals surface area contributed by atoms with Crippen molar-refractivity contribution < 1.29 is 19.1 Å². The van der Waals surface area contributed by atoms with Gasteiger partial charge in [0.25, 0.3) is 5.91 Å². The summed E-state index contributed by atoms with van der Waals surface area (Å²) in [7, 11) is 0. The molecule has 0 unspecified atom stereocenters. The number of aliphatic hydroxyl groups is 1. The van der Waals surface area contributed by atoms with Crippen LogP contribution in [0.2, 0.25) is 5.02 Å². The molecule has 29 heavy (non-hydrogen) atoms. The molecule has 156 valence electrons. The van der Waals surface area contributed by atoms with Crippen LogP contribution in [-0.4, -0.2) is 41.2 Å². The van der Waals surface area contributed by atoms with Gasteiger partial charge in [-0.3, -0.25) is 4.79 Å². The molecule has 2 aromatic rings. The van der Waals surface area contributed by atoms with E-state index in [1.54, 1.807) is 17.0 Å². The predicted molar refractivity (Wildman–Crippen MR) is 110 cm³/mol. The number of hydrogen-bond acceptors (Lipinski definition) is 5. The Morgan fingerprint density at radius 1 is 1.34 bits per heavy atom. The number of aryl methyl sites for hydroxylation is 1. The van der Waals surface area contributed by atoms with Crippen LogP contribution in [0.25, 0.3) is 11.0 Å². The molecule has 4 rings (SSSR count). The molecule has 1 amide bonds. The van der Waals surface area contributed by atoms with Gasteiger partial charge >= 0.3 is 5.63 Å². The number of amides is 1. The largest absolute Gasteiger partial charge is 0.482 e. The molecular formula is C22H26ClNO5. The van der Waals surface area contributed by atoms with Gasteiger partial charge in [0.05, 0.1) is 10.6 Å². The molecule has 0 radical (unpaired) electrons. The number of halogens is 1. The van der Waals surface area contributed by atoms with Gasteiger partial charge in [-0.15, -0.1) is 0 Å². The lowest BCUT2D eigenvalue weighted by molar-refractivity contribution is -0.145.